The first kappa shape index (κ1) is 24.9. The van der Waals surface area contributed by atoms with Crippen LogP contribution in [0.4, 0.5) is 0 Å². The van der Waals surface area contributed by atoms with Crippen molar-refractivity contribution in [1.82, 2.24) is 0 Å². The molecule has 1 rings (SSSR count). The van der Waals surface area contributed by atoms with E-state index < -0.39 is 0 Å². The SMILES string of the molecule is [CH2-]CCC.[CH2-]CCC.[Cu+2].[Li+].[c-]1cccs1. The molecule has 0 aliphatic carbocycles. The van der Waals surface area contributed by atoms with Gasteiger partial charge in [-0.15, -0.1) is 5.38 Å². The van der Waals surface area contributed by atoms with Crippen molar-refractivity contribution in [2.24, 2.45) is 0 Å². The second-order valence-electron chi connectivity index (χ2n) is 2.44. The zero-order valence-electron chi connectivity index (χ0n) is 10.2. The summed E-state index contributed by atoms with van der Waals surface area (Å²) in [6.45, 7) is 11.4. The Morgan fingerprint density at radius 2 is 1.53 bits per heavy atom. The first-order valence-corrected chi connectivity index (χ1v) is 5.69. The Morgan fingerprint density at radius 3 is 1.60 bits per heavy atom. The van der Waals surface area contributed by atoms with E-state index in [9.17, 15) is 0 Å². The van der Waals surface area contributed by atoms with Crippen molar-refractivity contribution >= 4 is 11.3 Å². The van der Waals surface area contributed by atoms with Crippen LogP contribution in [0.5, 0.6) is 0 Å². The van der Waals surface area contributed by atoms with Crippen LogP contribution in [0.25, 0.3) is 0 Å². The van der Waals surface area contributed by atoms with E-state index in [1.807, 2.05) is 17.5 Å². The Morgan fingerprint density at radius 1 is 1.13 bits per heavy atom. The quantitative estimate of drug-likeness (QED) is 0.566. The van der Waals surface area contributed by atoms with Crippen LogP contribution in [-0.2, 0) is 17.1 Å². The first-order chi connectivity index (χ1) is 6.33. The van der Waals surface area contributed by atoms with Crippen molar-refractivity contribution in [2.75, 3.05) is 0 Å². The molecule has 1 radical (unpaired) electrons. The van der Waals surface area contributed by atoms with E-state index in [1.165, 1.54) is 12.8 Å². The normalized spacial score (nSPS) is 6.67. The Kier molecular flexibility index (Phi) is 48.7. The number of hydrogen-bond acceptors (Lipinski definition) is 1. The molecule has 15 heavy (non-hydrogen) atoms. The van der Waals surface area contributed by atoms with Crippen molar-refractivity contribution < 1.29 is 35.9 Å². The van der Waals surface area contributed by atoms with E-state index in [1.54, 1.807) is 11.3 Å². The summed E-state index contributed by atoms with van der Waals surface area (Å²) in [6.07, 6.45) is 4.56. The van der Waals surface area contributed by atoms with Crippen LogP contribution in [0.2, 0.25) is 0 Å². The average molecular weight is 268 g/mol. The Bertz CT molecular complexity index is 107. The van der Waals surface area contributed by atoms with E-state index in [0.29, 0.717) is 0 Å². The summed E-state index contributed by atoms with van der Waals surface area (Å²) in [5.41, 5.74) is 0. The summed E-state index contributed by atoms with van der Waals surface area (Å²) < 4.78 is 0. The molecule has 1 aromatic heterocycles. The third-order valence-electron chi connectivity index (χ3n) is 1.09. The molecule has 0 bridgehead atoms. The second kappa shape index (κ2) is 29.4. The maximum absolute atomic E-state index is 3.60. The maximum Gasteiger partial charge on any atom is 2.00 e. The fourth-order valence-corrected chi connectivity index (χ4v) is 0.589. The third-order valence-corrected chi connectivity index (χ3v) is 1.65. The summed E-state index contributed by atoms with van der Waals surface area (Å²) in [6, 6.07) is 3.86. The van der Waals surface area contributed by atoms with Gasteiger partial charge in [0.15, 0.2) is 0 Å². The van der Waals surface area contributed by atoms with Gasteiger partial charge in [0.1, 0.15) is 0 Å². The molecule has 0 unspecified atom stereocenters. The van der Waals surface area contributed by atoms with Gasteiger partial charge in [-0.1, -0.05) is 26.7 Å². The largest absolute Gasteiger partial charge is 2.00 e. The summed E-state index contributed by atoms with van der Waals surface area (Å²) >= 11 is 1.59. The minimum Gasteiger partial charge on any atom is -0.343 e. The minimum absolute atomic E-state index is 0. The van der Waals surface area contributed by atoms with Crippen LogP contribution < -0.4 is 18.9 Å². The van der Waals surface area contributed by atoms with Gasteiger partial charge in [-0.2, -0.15) is 24.3 Å². The van der Waals surface area contributed by atoms with Gasteiger partial charge in [0.2, 0.25) is 0 Å². The van der Waals surface area contributed by atoms with Crippen LogP contribution in [0.1, 0.15) is 39.5 Å². The molecule has 0 saturated carbocycles. The summed E-state index contributed by atoms with van der Waals surface area (Å²) in [5, 5.41) is 4.89. The molecule has 0 atom stereocenters. The molecule has 0 aliphatic heterocycles. The standard InChI is InChI=1S/C4H3S.2C4H9.Cu.Li/c1-2-4-5-3-1;2*1-3-4-2;;/h1-3H;2*1,3-4H2,2H3;;/q3*-1;+2;+1. The summed E-state index contributed by atoms with van der Waals surface area (Å²) in [7, 11) is 0. The maximum atomic E-state index is 3.60. The van der Waals surface area contributed by atoms with Gasteiger partial charge in [-0.25, -0.2) is 6.07 Å². The van der Waals surface area contributed by atoms with Crippen LogP contribution in [0.15, 0.2) is 17.5 Å². The number of thiophene rings is 1. The number of hydrogen-bond donors (Lipinski definition) is 0. The molecule has 1 aromatic rings. The van der Waals surface area contributed by atoms with Gasteiger partial charge < -0.3 is 25.2 Å². The smallest absolute Gasteiger partial charge is 0.343 e. The first-order valence-electron chi connectivity index (χ1n) is 4.81. The van der Waals surface area contributed by atoms with Crippen molar-refractivity contribution in [1.29, 1.82) is 0 Å². The minimum atomic E-state index is 0. The average Bonchev–Trinajstić information content (AvgIpc) is 2.76. The van der Waals surface area contributed by atoms with E-state index in [2.05, 4.69) is 33.1 Å². The molecule has 0 nitrogen and oxygen atoms in total. The molecule has 87 valence electrons. The Balaban J connectivity index is -0.0000000575. The van der Waals surface area contributed by atoms with E-state index in [0.717, 1.165) is 12.8 Å². The molecule has 0 fully saturated rings. The molecule has 0 spiro atoms. The summed E-state index contributed by atoms with van der Waals surface area (Å²) in [5.74, 6) is 0. The molecular formula is C12H21CuLiS. The van der Waals surface area contributed by atoms with Gasteiger partial charge in [-0.3, -0.25) is 0 Å². The third kappa shape index (κ3) is 39.8. The number of rotatable bonds is 2. The van der Waals surface area contributed by atoms with Crippen LogP contribution >= 0.6 is 11.3 Å². The molecule has 0 aromatic carbocycles. The predicted octanol–water partition coefficient (Wildman–Crippen LogP) is 1.79. The van der Waals surface area contributed by atoms with E-state index in [-0.39, 0.29) is 35.9 Å². The number of unbranched alkanes of at least 4 members (excludes halogenated alkanes) is 2. The van der Waals surface area contributed by atoms with Crippen LogP contribution in [0, 0.1) is 19.2 Å². The van der Waals surface area contributed by atoms with Crippen molar-refractivity contribution in [3.8, 4) is 0 Å². The Labute approximate surface area is 123 Å². The van der Waals surface area contributed by atoms with Gasteiger partial charge in [0.05, 0.1) is 0 Å². The molecule has 0 amide bonds. The monoisotopic (exact) mass is 267 g/mol. The van der Waals surface area contributed by atoms with Crippen molar-refractivity contribution in [3.63, 3.8) is 0 Å². The zero-order chi connectivity index (χ0) is 10.4. The fourth-order valence-electron chi connectivity index (χ4n) is 0.196. The van der Waals surface area contributed by atoms with Gasteiger partial charge in [0.25, 0.3) is 0 Å². The van der Waals surface area contributed by atoms with Gasteiger partial charge >= 0.3 is 35.9 Å². The van der Waals surface area contributed by atoms with Crippen molar-refractivity contribution in [3.05, 3.63) is 36.7 Å². The van der Waals surface area contributed by atoms with E-state index in [4.69, 9.17) is 0 Å². The topological polar surface area (TPSA) is 0 Å². The molecule has 0 N–H and O–H groups in total. The predicted molar refractivity (Wildman–Crippen MR) is 63.7 cm³/mol. The van der Waals surface area contributed by atoms with Crippen LogP contribution in [-0.4, -0.2) is 0 Å². The second-order valence-corrected chi connectivity index (χ2v) is 3.18. The van der Waals surface area contributed by atoms with Gasteiger partial charge in [-0.05, 0) is 0 Å². The molecule has 3 heteroatoms. The molecular weight excluding hydrogens is 247 g/mol. The van der Waals surface area contributed by atoms with Crippen LogP contribution in [0.3, 0.4) is 0 Å². The van der Waals surface area contributed by atoms with Gasteiger partial charge in [0, 0.05) is 0 Å². The van der Waals surface area contributed by atoms with E-state index >= 15 is 0 Å². The molecule has 0 aliphatic rings. The molecule has 0 saturated heterocycles. The molecule has 1 heterocycles. The Hall–Kier alpha value is 0.817. The van der Waals surface area contributed by atoms with Crippen molar-refractivity contribution in [2.45, 2.75) is 39.5 Å². The fraction of sp³-hybridized carbons (Fsp3) is 0.500. The zero-order valence-corrected chi connectivity index (χ0v) is 11.9. The summed E-state index contributed by atoms with van der Waals surface area (Å²) in [4.78, 5) is 0.